The molecule has 0 saturated heterocycles. The monoisotopic (exact) mass is 318 g/mol. The minimum absolute atomic E-state index is 0.236. The Balaban J connectivity index is 1.88. The SMILES string of the molecule is CC(C)c1csc(NC(=O)c2sc3ncccc3c2N)n1. The zero-order valence-corrected chi connectivity index (χ0v) is 13.2. The number of hydrogen-bond acceptors (Lipinski definition) is 6. The number of anilines is 2. The first kappa shape index (κ1) is 14.0. The number of rotatable bonds is 3. The van der Waals surface area contributed by atoms with Crippen molar-refractivity contribution < 1.29 is 4.79 Å². The van der Waals surface area contributed by atoms with E-state index < -0.39 is 0 Å². The van der Waals surface area contributed by atoms with Crippen LogP contribution < -0.4 is 11.1 Å². The quantitative estimate of drug-likeness (QED) is 0.771. The Hall–Kier alpha value is -1.99. The molecule has 7 heteroatoms. The van der Waals surface area contributed by atoms with E-state index in [2.05, 4.69) is 29.1 Å². The van der Waals surface area contributed by atoms with Gasteiger partial charge in [0.05, 0.1) is 11.4 Å². The van der Waals surface area contributed by atoms with Gasteiger partial charge < -0.3 is 5.73 Å². The predicted molar refractivity (Wildman–Crippen MR) is 88.2 cm³/mol. The van der Waals surface area contributed by atoms with Gasteiger partial charge in [-0.25, -0.2) is 9.97 Å². The van der Waals surface area contributed by atoms with Gasteiger partial charge in [0.1, 0.15) is 9.71 Å². The Kier molecular flexibility index (Phi) is 3.60. The molecule has 0 spiro atoms. The summed E-state index contributed by atoms with van der Waals surface area (Å²) in [6.07, 6.45) is 1.69. The Morgan fingerprint density at radius 1 is 1.43 bits per heavy atom. The number of aromatic nitrogens is 2. The summed E-state index contributed by atoms with van der Waals surface area (Å²) in [5.74, 6) is 0.102. The van der Waals surface area contributed by atoms with Gasteiger partial charge in [-0.3, -0.25) is 10.1 Å². The maximum absolute atomic E-state index is 12.3. The van der Waals surface area contributed by atoms with E-state index in [0.717, 1.165) is 15.9 Å². The van der Waals surface area contributed by atoms with Crippen molar-refractivity contribution in [2.24, 2.45) is 0 Å². The highest BCUT2D eigenvalue weighted by molar-refractivity contribution is 7.21. The van der Waals surface area contributed by atoms with Gasteiger partial charge in [-0.1, -0.05) is 13.8 Å². The van der Waals surface area contributed by atoms with Crippen LogP contribution in [0.5, 0.6) is 0 Å². The van der Waals surface area contributed by atoms with Crippen molar-refractivity contribution in [3.63, 3.8) is 0 Å². The Bertz CT molecular complexity index is 806. The van der Waals surface area contributed by atoms with Gasteiger partial charge in [0.15, 0.2) is 5.13 Å². The van der Waals surface area contributed by atoms with Crippen LogP contribution in [0.25, 0.3) is 10.2 Å². The van der Waals surface area contributed by atoms with E-state index >= 15 is 0 Å². The highest BCUT2D eigenvalue weighted by atomic mass is 32.1. The van der Waals surface area contributed by atoms with Crippen LogP contribution in [0, 0.1) is 0 Å². The molecule has 3 N–H and O–H groups in total. The molecule has 0 aliphatic rings. The van der Waals surface area contributed by atoms with E-state index in [1.54, 1.807) is 6.20 Å². The fraction of sp³-hybridized carbons (Fsp3) is 0.214. The fourth-order valence-corrected chi connectivity index (χ4v) is 3.71. The van der Waals surface area contributed by atoms with Crippen molar-refractivity contribution >= 4 is 49.6 Å². The van der Waals surface area contributed by atoms with Gasteiger partial charge in [0, 0.05) is 17.0 Å². The topological polar surface area (TPSA) is 80.9 Å². The first-order chi connectivity index (χ1) is 10.1. The number of thiophene rings is 1. The Morgan fingerprint density at radius 3 is 2.90 bits per heavy atom. The van der Waals surface area contributed by atoms with Crippen molar-refractivity contribution in [3.05, 3.63) is 34.3 Å². The van der Waals surface area contributed by atoms with Gasteiger partial charge in [0.25, 0.3) is 5.91 Å². The number of thiazole rings is 1. The van der Waals surface area contributed by atoms with Crippen LogP contribution in [0.2, 0.25) is 0 Å². The van der Waals surface area contributed by atoms with Gasteiger partial charge in [-0.05, 0) is 18.1 Å². The van der Waals surface area contributed by atoms with Crippen molar-refractivity contribution in [2.45, 2.75) is 19.8 Å². The maximum atomic E-state index is 12.3. The van der Waals surface area contributed by atoms with Gasteiger partial charge in [-0.15, -0.1) is 22.7 Å². The lowest BCUT2D eigenvalue weighted by Gasteiger charge is -2.01. The second-order valence-corrected chi connectivity index (χ2v) is 6.74. The summed E-state index contributed by atoms with van der Waals surface area (Å²) in [6, 6.07) is 3.67. The summed E-state index contributed by atoms with van der Waals surface area (Å²) in [4.78, 5) is 22.2. The summed E-state index contributed by atoms with van der Waals surface area (Å²) in [5.41, 5.74) is 7.49. The van der Waals surface area contributed by atoms with Crippen LogP contribution in [0.15, 0.2) is 23.7 Å². The summed E-state index contributed by atoms with van der Waals surface area (Å²) in [7, 11) is 0. The average molecular weight is 318 g/mol. The number of nitrogen functional groups attached to an aromatic ring is 1. The van der Waals surface area contributed by atoms with Crippen molar-refractivity contribution in [3.8, 4) is 0 Å². The second-order valence-electron chi connectivity index (χ2n) is 4.89. The number of carbonyl (C=O) groups is 1. The highest BCUT2D eigenvalue weighted by Gasteiger charge is 2.18. The van der Waals surface area contributed by atoms with E-state index in [4.69, 9.17) is 5.73 Å². The third-order valence-corrected chi connectivity index (χ3v) is 4.95. The Labute approximate surface area is 129 Å². The summed E-state index contributed by atoms with van der Waals surface area (Å²) >= 11 is 2.71. The molecule has 21 heavy (non-hydrogen) atoms. The van der Waals surface area contributed by atoms with E-state index in [1.165, 1.54) is 22.7 Å². The molecule has 3 heterocycles. The molecule has 3 aromatic rings. The molecule has 5 nitrogen and oxygen atoms in total. The molecule has 0 bridgehead atoms. The summed E-state index contributed by atoms with van der Waals surface area (Å²) < 4.78 is 0. The van der Waals surface area contributed by atoms with Gasteiger partial charge in [0.2, 0.25) is 0 Å². The normalized spacial score (nSPS) is 11.2. The zero-order valence-electron chi connectivity index (χ0n) is 11.6. The molecular formula is C14H14N4OS2. The first-order valence-corrected chi connectivity index (χ1v) is 8.15. The third-order valence-electron chi connectivity index (χ3n) is 3.04. The smallest absolute Gasteiger partial charge is 0.269 e. The molecule has 3 rings (SSSR count). The van der Waals surface area contributed by atoms with Crippen LogP contribution in [-0.4, -0.2) is 15.9 Å². The highest BCUT2D eigenvalue weighted by Crippen LogP contribution is 2.32. The lowest BCUT2D eigenvalue weighted by Crippen LogP contribution is -2.11. The lowest BCUT2D eigenvalue weighted by atomic mass is 10.2. The summed E-state index contributed by atoms with van der Waals surface area (Å²) in [6.45, 7) is 4.13. The van der Waals surface area contributed by atoms with E-state index in [1.807, 2.05) is 17.5 Å². The van der Waals surface area contributed by atoms with Gasteiger partial charge in [-0.2, -0.15) is 0 Å². The molecule has 0 aromatic carbocycles. The average Bonchev–Trinajstić information content (AvgIpc) is 3.05. The Morgan fingerprint density at radius 2 is 2.24 bits per heavy atom. The number of fused-ring (bicyclic) bond motifs is 1. The first-order valence-electron chi connectivity index (χ1n) is 6.46. The molecule has 0 aliphatic carbocycles. The number of nitrogens with zero attached hydrogens (tertiary/aromatic N) is 2. The largest absolute Gasteiger partial charge is 0.397 e. The predicted octanol–water partition coefficient (Wildman–Crippen LogP) is 3.71. The minimum atomic E-state index is -0.236. The van der Waals surface area contributed by atoms with Crippen LogP contribution in [0.1, 0.15) is 35.1 Å². The van der Waals surface area contributed by atoms with Crippen LogP contribution in [0.4, 0.5) is 10.8 Å². The number of amides is 1. The van der Waals surface area contributed by atoms with Crippen molar-refractivity contribution in [1.29, 1.82) is 0 Å². The molecule has 0 radical (unpaired) electrons. The molecular weight excluding hydrogens is 304 g/mol. The maximum Gasteiger partial charge on any atom is 0.269 e. The number of nitrogens with one attached hydrogen (secondary N) is 1. The van der Waals surface area contributed by atoms with Crippen LogP contribution in [0.3, 0.4) is 0 Å². The number of hydrogen-bond donors (Lipinski definition) is 2. The molecule has 0 atom stereocenters. The molecule has 108 valence electrons. The summed E-state index contributed by atoms with van der Waals surface area (Å²) in [5, 5.41) is 6.17. The fourth-order valence-electron chi connectivity index (χ4n) is 1.88. The molecule has 1 amide bonds. The molecule has 0 unspecified atom stereocenters. The lowest BCUT2D eigenvalue weighted by molar-refractivity contribution is 0.103. The molecule has 0 fully saturated rings. The number of carbonyl (C=O) groups excluding carboxylic acids is 1. The zero-order chi connectivity index (χ0) is 15.0. The van der Waals surface area contributed by atoms with E-state index in [0.29, 0.717) is 21.6 Å². The molecule has 0 aliphatic heterocycles. The standard InChI is InChI=1S/C14H14N4OS2/c1-7(2)9-6-20-14(17-9)18-12(19)11-10(15)8-4-3-5-16-13(8)21-11/h3-7H,15H2,1-2H3,(H,17,18,19). The second kappa shape index (κ2) is 5.42. The van der Waals surface area contributed by atoms with E-state index in [-0.39, 0.29) is 5.91 Å². The minimum Gasteiger partial charge on any atom is -0.397 e. The van der Waals surface area contributed by atoms with Crippen LogP contribution >= 0.6 is 22.7 Å². The van der Waals surface area contributed by atoms with E-state index in [9.17, 15) is 4.79 Å². The third kappa shape index (κ3) is 2.62. The van der Waals surface area contributed by atoms with Crippen molar-refractivity contribution in [2.75, 3.05) is 11.1 Å². The molecule has 3 aromatic heterocycles. The van der Waals surface area contributed by atoms with Crippen LogP contribution in [-0.2, 0) is 0 Å². The molecule has 0 saturated carbocycles. The van der Waals surface area contributed by atoms with Gasteiger partial charge >= 0.3 is 0 Å². The number of pyridine rings is 1. The number of nitrogens with two attached hydrogens (primary N) is 1. The van der Waals surface area contributed by atoms with Crippen molar-refractivity contribution in [1.82, 2.24) is 9.97 Å².